The molecule has 0 aromatic rings. The number of hydrogen-bond acceptors (Lipinski definition) is 4. The maximum absolute atomic E-state index is 11.1. The van der Waals surface area contributed by atoms with Crippen molar-refractivity contribution in [2.45, 2.75) is 25.8 Å². The molecule has 3 N–H and O–H groups in total. The van der Waals surface area contributed by atoms with Gasteiger partial charge in [-0.1, -0.05) is 6.92 Å². The first kappa shape index (κ1) is 16.4. The van der Waals surface area contributed by atoms with Crippen molar-refractivity contribution in [1.82, 2.24) is 15.1 Å². The largest absolute Gasteiger partial charge is 0.368 e. The fourth-order valence-corrected chi connectivity index (χ4v) is 1.73. The number of likely N-dealkylation sites (N-methyl/N-ethyl adjacent to an activating group) is 2. The normalized spacial score (nSPS) is 13.3. The van der Waals surface area contributed by atoms with Gasteiger partial charge in [-0.3, -0.25) is 4.79 Å². The zero-order valence-electron chi connectivity index (χ0n) is 11.7. The number of rotatable bonds is 10. The van der Waals surface area contributed by atoms with Crippen LogP contribution in [0, 0.1) is 0 Å². The van der Waals surface area contributed by atoms with Crippen molar-refractivity contribution in [1.29, 1.82) is 0 Å². The Morgan fingerprint density at radius 3 is 2.29 bits per heavy atom. The van der Waals surface area contributed by atoms with Crippen molar-refractivity contribution in [3.8, 4) is 0 Å². The monoisotopic (exact) mass is 244 g/mol. The molecule has 5 heteroatoms. The first-order chi connectivity index (χ1) is 8.01. The van der Waals surface area contributed by atoms with Gasteiger partial charge in [0.15, 0.2) is 0 Å². The molecule has 102 valence electrons. The van der Waals surface area contributed by atoms with E-state index in [1.807, 2.05) is 0 Å². The summed E-state index contributed by atoms with van der Waals surface area (Å²) in [6.45, 7) is 6.24. The summed E-state index contributed by atoms with van der Waals surface area (Å²) in [5, 5.41) is 2.95. The number of nitrogens with one attached hydrogen (secondary N) is 1. The van der Waals surface area contributed by atoms with Crippen molar-refractivity contribution in [2.24, 2.45) is 5.73 Å². The molecular weight excluding hydrogens is 216 g/mol. The van der Waals surface area contributed by atoms with Gasteiger partial charge in [0.05, 0.1) is 6.04 Å². The second kappa shape index (κ2) is 9.39. The van der Waals surface area contributed by atoms with Gasteiger partial charge >= 0.3 is 0 Å². The fraction of sp³-hybridized carbons (Fsp3) is 0.917. The van der Waals surface area contributed by atoms with Gasteiger partial charge in [-0.2, -0.15) is 0 Å². The molecule has 0 radical (unpaired) electrons. The zero-order valence-corrected chi connectivity index (χ0v) is 11.7. The summed E-state index contributed by atoms with van der Waals surface area (Å²) in [4.78, 5) is 15.7. The lowest BCUT2D eigenvalue weighted by Crippen LogP contribution is -2.42. The molecule has 1 atom stereocenters. The first-order valence-electron chi connectivity index (χ1n) is 6.34. The van der Waals surface area contributed by atoms with Crippen molar-refractivity contribution in [2.75, 3.05) is 47.3 Å². The molecule has 1 unspecified atom stereocenters. The maximum Gasteiger partial charge on any atom is 0.234 e. The summed E-state index contributed by atoms with van der Waals surface area (Å²) in [6.07, 6.45) is 1.91. The average molecular weight is 244 g/mol. The van der Waals surface area contributed by atoms with Crippen LogP contribution in [0.1, 0.15) is 19.8 Å². The van der Waals surface area contributed by atoms with E-state index in [4.69, 9.17) is 5.73 Å². The van der Waals surface area contributed by atoms with Crippen molar-refractivity contribution < 1.29 is 4.79 Å². The summed E-state index contributed by atoms with van der Waals surface area (Å²) in [7, 11) is 5.92. The summed E-state index contributed by atoms with van der Waals surface area (Å²) in [5.74, 6) is -0.267. The van der Waals surface area contributed by atoms with Gasteiger partial charge in [0.25, 0.3) is 0 Å². The molecule has 5 nitrogen and oxygen atoms in total. The lowest BCUT2D eigenvalue weighted by Gasteiger charge is -2.25. The molecule has 0 rings (SSSR count). The average Bonchev–Trinajstić information content (AvgIpc) is 2.25. The molecule has 0 aliphatic carbocycles. The minimum absolute atomic E-state index is 0.214. The van der Waals surface area contributed by atoms with Crippen LogP contribution >= 0.6 is 0 Å². The third-order valence-corrected chi connectivity index (χ3v) is 2.83. The third-order valence-electron chi connectivity index (χ3n) is 2.83. The third kappa shape index (κ3) is 8.12. The van der Waals surface area contributed by atoms with Crippen LogP contribution in [-0.2, 0) is 4.79 Å². The second-order valence-electron chi connectivity index (χ2n) is 4.68. The van der Waals surface area contributed by atoms with Gasteiger partial charge in [-0.05, 0) is 40.5 Å². The van der Waals surface area contributed by atoms with E-state index in [2.05, 4.69) is 36.1 Å². The Morgan fingerprint density at radius 1 is 1.24 bits per heavy atom. The summed E-state index contributed by atoms with van der Waals surface area (Å²) >= 11 is 0. The number of primary amides is 1. The van der Waals surface area contributed by atoms with E-state index >= 15 is 0 Å². The zero-order chi connectivity index (χ0) is 13.3. The second-order valence-corrected chi connectivity index (χ2v) is 4.68. The van der Waals surface area contributed by atoms with Crippen LogP contribution in [-0.4, -0.2) is 69.1 Å². The lowest BCUT2D eigenvalue weighted by atomic mass is 10.2. The Bertz CT molecular complexity index is 209. The standard InChI is InChI=1S/C12H28N4O/c1-5-7-16(10-9-15(3)4)8-6-11(14-2)12(13)17/h11,14H,5-10H2,1-4H3,(H2,13,17). The van der Waals surface area contributed by atoms with E-state index in [-0.39, 0.29) is 11.9 Å². The number of hydrogen-bond donors (Lipinski definition) is 2. The number of carbonyl (C=O) groups is 1. The van der Waals surface area contributed by atoms with Crippen molar-refractivity contribution >= 4 is 5.91 Å². The summed E-state index contributed by atoms with van der Waals surface area (Å²) in [6, 6.07) is -0.214. The molecule has 0 aromatic carbocycles. The minimum Gasteiger partial charge on any atom is -0.368 e. The molecule has 0 aliphatic rings. The molecule has 0 aromatic heterocycles. The fourth-order valence-electron chi connectivity index (χ4n) is 1.73. The van der Waals surface area contributed by atoms with Gasteiger partial charge in [0.1, 0.15) is 0 Å². The molecule has 0 bridgehead atoms. The van der Waals surface area contributed by atoms with E-state index in [9.17, 15) is 4.79 Å². The Labute approximate surface area is 105 Å². The van der Waals surface area contributed by atoms with Crippen LogP contribution < -0.4 is 11.1 Å². The van der Waals surface area contributed by atoms with Crippen LogP contribution in [0.3, 0.4) is 0 Å². The van der Waals surface area contributed by atoms with E-state index in [0.29, 0.717) is 0 Å². The SMILES string of the molecule is CCCN(CCC(NC)C(N)=O)CCN(C)C. The molecule has 17 heavy (non-hydrogen) atoms. The predicted octanol–water partition coefficient (Wildman–Crippen LogP) is -0.277. The van der Waals surface area contributed by atoms with Crippen LogP contribution in [0.4, 0.5) is 0 Å². The predicted molar refractivity (Wildman–Crippen MR) is 71.9 cm³/mol. The van der Waals surface area contributed by atoms with Crippen LogP contribution in [0.2, 0.25) is 0 Å². The van der Waals surface area contributed by atoms with Crippen LogP contribution in [0.15, 0.2) is 0 Å². The van der Waals surface area contributed by atoms with E-state index in [1.165, 1.54) is 0 Å². The van der Waals surface area contributed by atoms with Crippen molar-refractivity contribution in [3.05, 3.63) is 0 Å². The van der Waals surface area contributed by atoms with Crippen LogP contribution in [0.5, 0.6) is 0 Å². The van der Waals surface area contributed by atoms with E-state index in [0.717, 1.165) is 39.0 Å². The Morgan fingerprint density at radius 2 is 1.88 bits per heavy atom. The van der Waals surface area contributed by atoms with E-state index < -0.39 is 0 Å². The highest BCUT2D eigenvalue weighted by Crippen LogP contribution is 1.98. The molecule has 0 fully saturated rings. The summed E-state index contributed by atoms with van der Waals surface area (Å²) in [5.41, 5.74) is 5.30. The Kier molecular flexibility index (Phi) is 9.03. The molecule has 1 amide bonds. The molecular formula is C12H28N4O. The summed E-state index contributed by atoms with van der Waals surface area (Å²) < 4.78 is 0. The minimum atomic E-state index is -0.267. The Hall–Kier alpha value is -0.650. The molecule has 0 saturated carbocycles. The maximum atomic E-state index is 11.1. The molecule has 0 heterocycles. The van der Waals surface area contributed by atoms with Gasteiger partial charge in [-0.25, -0.2) is 0 Å². The number of nitrogens with zero attached hydrogens (tertiary/aromatic N) is 2. The van der Waals surface area contributed by atoms with Gasteiger partial charge in [0, 0.05) is 19.6 Å². The first-order valence-corrected chi connectivity index (χ1v) is 6.34. The Balaban J connectivity index is 4.01. The van der Waals surface area contributed by atoms with Gasteiger partial charge in [-0.15, -0.1) is 0 Å². The number of carbonyl (C=O) groups excluding carboxylic acids is 1. The van der Waals surface area contributed by atoms with E-state index in [1.54, 1.807) is 7.05 Å². The lowest BCUT2D eigenvalue weighted by molar-refractivity contribution is -0.120. The molecule has 0 saturated heterocycles. The quantitative estimate of drug-likeness (QED) is 0.555. The highest BCUT2D eigenvalue weighted by atomic mass is 16.1. The highest BCUT2D eigenvalue weighted by Gasteiger charge is 2.14. The topological polar surface area (TPSA) is 61.6 Å². The highest BCUT2D eigenvalue weighted by molar-refractivity contribution is 5.79. The number of amides is 1. The van der Waals surface area contributed by atoms with Gasteiger partial charge < -0.3 is 20.9 Å². The molecule has 0 spiro atoms. The number of nitrogens with two attached hydrogens (primary N) is 1. The molecule has 0 aliphatic heterocycles. The van der Waals surface area contributed by atoms with Crippen LogP contribution in [0.25, 0.3) is 0 Å². The van der Waals surface area contributed by atoms with Crippen molar-refractivity contribution in [3.63, 3.8) is 0 Å². The smallest absolute Gasteiger partial charge is 0.234 e. The van der Waals surface area contributed by atoms with Gasteiger partial charge in [0.2, 0.25) is 5.91 Å².